The Bertz CT molecular complexity index is 694. The van der Waals surface area contributed by atoms with Crippen LogP contribution in [0.15, 0.2) is 42.5 Å². The third kappa shape index (κ3) is 4.05. The van der Waals surface area contributed by atoms with Crippen molar-refractivity contribution in [3.8, 4) is 5.75 Å². The van der Waals surface area contributed by atoms with Gasteiger partial charge in [0.05, 0.1) is 4.92 Å². The second-order valence-corrected chi connectivity index (χ2v) is 4.82. The van der Waals surface area contributed by atoms with E-state index in [1.807, 2.05) is 32.0 Å². The molecule has 0 heterocycles. The molecule has 0 saturated carbocycles. The minimum absolute atomic E-state index is 0.0732. The Balaban J connectivity index is 1.91. The van der Waals surface area contributed by atoms with Crippen LogP contribution in [0.2, 0.25) is 0 Å². The van der Waals surface area contributed by atoms with Gasteiger partial charge in [0.25, 0.3) is 5.69 Å². The van der Waals surface area contributed by atoms with Gasteiger partial charge in [0.2, 0.25) is 0 Å². The molecule has 0 radical (unpaired) electrons. The number of ether oxygens (including phenoxy) is 2. The summed E-state index contributed by atoms with van der Waals surface area (Å²) in [5, 5.41) is 10.5. The summed E-state index contributed by atoms with van der Waals surface area (Å²) >= 11 is 0. The molecule has 0 N–H and O–H groups in total. The lowest BCUT2D eigenvalue weighted by Gasteiger charge is -2.08. The molecule has 0 aromatic heterocycles. The zero-order valence-electron chi connectivity index (χ0n) is 12.2. The van der Waals surface area contributed by atoms with Gasteiger partial charge in [0.15, 0.2) is 0 Å². The lowest BCUT2D eigenvalue weighted by molar-refractivity contribution is -0.384. The topological polar surface area (TPSA) is 78.7 Å². The van der Waals surface area contributed by atoms with Gasteiger partial charge in [0, 0.05) is 12.1 Å². The highest BCUT2D eigenvalue weighted by Crippen LogP contribution is 2.18. The average molecular weight is 301 g/mol. The molecule has 6 heteroatoms. The minimum atomic E-state index is -0.853. The van der Waals surface area contributed by atoms with Crippen molar-refractivity contribution in [1.29, 1.82) is 0 Å². The molecule has 22 heavy (non-hydrogen) atoms. The maximum Gasteiger partial charge on any atom is 0.514 e. The molecule has 2 aromatic rings. The van der Waals surface area contributed by atoms with Gasteiger partial charge in [-0.1, -0.05) is 23.8 Å². The van der Waals surface area contributed by atoms with Gasteiger partial charge in [-0.2, -0.15) is 0 Å². The molecule has 6 nitrogen and oxygen atoms in total. The first-order valence-corrected chi connectivity index (χ1v) is 6.61. The first kappa shape index (κ1) is 15.5. The van der Waals surface area contributed by atoms with Crippen LogP contribution >= 0.6 is 0 Å². The van der Waals surface area contributed by atoms with Crippen LogP contribution in [0.5, 0.6) is 5.75 Å². The Morgan fingerprint density at radius 2 is 1.82 bits per heavy atom. The van der Waals surface area contributed by atoms with Crippen LogP contribution in [-0.4, -0.2) is 11.1 Å². The molecule has 0 bridgehead atoms. The van der Waals surface area contributed by atoms with E-state index in [4.69, 9.17) is 9.47 Å². The van der Waals surface area contributed by atoms with Gasteiger partial charge >= 0.3 is 6.16 Å². The molecule has 0 fully saturated rings. The molecule has 0 aliphatic rings. The molecular weight excluding hydrogens is 286 g/mol. The van der Waals surface area contributed by atoms with Crippen LogP contribution in [0.3, 0.4) is 0 Å². The van der Waals surface area contributed by atoms with E-state index < -0.39 is 11.1 Å². The van der Waals surface area contributed by atoms with E-state index in [0.717, 1.165) is 16.7 Å². The third-order valence-corrected chi connectivity index (χ3v) is 3.09. The first-order chi connectivity index (χ1) is 10.5. The second-order valence-electron chi connectivity index (χ2n) is 4.82. The van der Waals surface area contributed by atoms with Gasteiger partial charge in [-0.25, -0.2) is 4.79 Å². The molecule has 2 aromatic carbocycles. The molecule has 0 spiro atoms. The number of hydrogen-bond donors (Lipinski definition) is 0. The van der Waals surface area contributed by atoms with Crippen LogP contribution < -0.4 is 4.74 Å². The van der Waals surface area contributed by atoms with E-state index in [0.29, 0.717) is 0 Å². The van der Waals surface area contributed by atoms with Crippen LogP contribution in [0.4, 0.5) is 10.5 Å². The Morgan fingerprint density at radius 3 is 2.41 bits per heavy atom. The van der Waals surface area contributed by atoms with Crippen molar-refractivity contribution in [3.63, 3.8) is 0 Å². The highest BCUT2D eigenvalue weighted by molar-refractivity contribution is 5.64. The quantitative estimate of drug-likeness (QED) is 0.370. The lowest BCUT2D eigenvalue weighted by Crippen LogP contribution is -2.11. The van der Waals surface area contributed by atoms with Gasteiger partial charge in [-0.15, -0.1) is 0 Å². The van der Waals surface area contributed by atoms with E-state index in [1.54, 1.807) is 0 Å². The largest absolute Gasteiger partial charge is 0.514 e. The van der Waals surface area contributed by atoms with Gasteiger partial charge < -0.3 is 9.47 Å². The Labute approximate surface area is 127 Å². The number of non-ortho nitro benzene ring substituents is 1. The normalized spacial score (nSPS) is 10.1. The van der Waals surface area contributed by atoms with Crippen LogP contribution in [0, 0.1) is 24.0 Å². The summed E-state index contributed by atoms with van der Waals surface area (Å²) in [4.78, 5) is 21.6. The fraction of sp³-hybridized carbons (Fsp3) is 0.188. The number of aryl methyl sites for hydroxylation is 2. The summed E-state index contributed by atoms with van der Waals surface area (Å²) in [5.41, 5.74) is 2.99. The fourth-order valence-electron chi connectivity index (χ4n) is 1.91. The average Bonchev–Trinajstić information content (AvgIpc) is 2.47. The number of nitro benzene ring substituents is 1. The smallest absolute Gasteiger partial charge is 0.429 e. The van der Waals surface area contributed by atoms with E-state index in [2.05, 4.69) is 0 Å². The van der Waals surface area contributed by atoms with Crippen molar-refractivity contribution in [2.75, 3.05) is 0 Å². The maximum atomic E-state index is 11.6. The fourth-order valence-corrected chi connectivity index (χ4v) is 1.91. The van der Waals surface area contributed by atoms with E-state index >= 15 is 0 Å². The molecule has 2 rings (SSSR count). The van der Waals surface area contributed by atoms with Crippen molar-refractivity contribution in [1.82, 2.24) is 0 Å². The van der Waals surface area contributed by atoms with E-state index in [1.165, 1.54) is 24.3 Å². The summed E-state index contributed by atoms with van der Waals surface area (Å²) in [6, 6.07) is 11.0. The molecule has 0 amide bonds. The van der Waals surface area contributed by atoms with Crippen LogP contribution in [0.25, 0.3) is 0 Å². The molecule has 0 atom stereocenters. The van der Waals surface area contributed by atoms with Crippen molar-refractivity contribution < 1.29 is 19.2 Å². The van der Waals surface area contributed by atoms with Gasteiger partial charge in [0.1, 0.15) is 12.4 Å². The SMILES string of the molecule is Cc1ccc(COC(=O)Oc2ccc([N+](=O)[O-])cc2)c(C)c1. The summed E-state index contributed by atoms with van der Waals surface area (Å²) < 4.78 is 9.99. The Kier molecular flexibility index (Phi) is 4.73. The zero-order chi connectivity index (χ0) is 16.1. The summed E-state index contributed by atoms with van der Waals surface area (Å²) in [6.07, 6.45) is -0.853. The molecule has 0 aliphatic heterocycles. The van der Waals surface area contributed by atoms with Crippen molar-refractivity contribution in [3.05, 3.63) is 69.3 Å². The third-order valence-electron chi connectivity index (χ3n) is 3.09. The predicted octanol–water partition coefficient (Wildman–Crippen LogP) is 3.93. The molecule has 0 aliphatic carbocycles. The number of nitrogens with zero attached hydrogens (tertiary/aromatic N) is 1. The highest BCUT2D eigenvalue weighted by atomic mass is 16.7. The number of hydrogen-bond acceptors (Lipinski definition) is 5. The molecular formula is C16H15NO5. The standard InChI is InChI=1S/C16H15NO5/c1-11-3-4-13(12(2)9-11)10-21-16(18)22-15-7-5-14(6-8-15)17(19)20/h3-9H,10H2,1-2H3. The van der Waals surface area contributed by atoms with Gasteiger partial charge in [-0.05, 0) is 37.1 Å². The van der Waals surface area contributed by atoms with Crippen LogP contribution in [0.1, 0.15) is 16.7 Å². The van der Waals surface area contributed by atoms with Crippen molar-refractivity contribution in [2.24, 2.45) is 0 Å². The van der Waals surface area contributed by atoms with E-state index in [-0.39, 0.29) is 18.0 Å². The van der Waals surface area contributed by atoms with Gasteiger partial charge in [-0.3, -0.25) is 10.1 Å². The number of carbonyl (C=O) groups is 1. The first-order valence-electron chi connectivity index (χ1n) is 6.61. The number of benzene rings is 2. The summed E-state index contributed by atoms with van der Waals surface area (Å²) in [6.45, 7) is 4.03. The second kappa shape index (κ2) is 6.71. The number of carbonyl (C=O) groups excluding carboxylic acids is 1. The number of rotatable bonds is 4. The summed E-state index contributed by atoms with van der Waals surface area (Å²) in [5.74, 6) is 0.191. The van der Waals surface area contributed by atoms with Crippen molar-refractivity contribution in [2.45, 2.75) is 20.5 Å². The Morgan fingerprint density at radius 1 is 1.14 bits per heavy atom. The van der Waals surface area contributed by atoms with E-state index in [9.17, 15) is 14.9 Å². The zero-order valence-corrected chi connectivity index (χ0v) is 12.2. The predicted molar refractivity (Wildman–Crippen MR) is 79.8 cm³/mol. The molecule has 0 saturated heterocycles. The highest BCUT2D eigenvalue weighted by Gasteiger charge is 2.10. The monoisotopic (exact) mass is 301 g/mol. The lowest BCUT2D eigenvalue weighted by atomic mass is 10.1. The molecule has 0 unspecified atom stereocenters. The van der Waals surface area contributed by atoms with Crippen molar-refractivity contribution >= 4 is 11.8 Å². The molecule has 114 valence electrons. The maximum absolute atomic E-state index is 11.6. The number of nitro groups is 1. The van der Waals surface area contributed by atoms with Crippen LogP contribution in [-0.2, 0) is 11.3 Å². The Hall–Kier alpha value is -2.89. The minimum Gasteiger partial charge on any atom is -0.429 e. The summed E-state index contributed by atoms with van der Waals surface area (Å²) in [7, 11) is 0.